The quantitative estimate of drug-likeness (QED) is 0.482. The van der Waals surface area contributed by atoms with Gasteiger partial charge in [0.1, 0.15) is 6.10 Å². The van der Waals surface area contributed by atoms with Crippen molar-refractivity contribution in [2.24, 2.45) is 28.6 Å². The molecule has 0 N–H and O–H groups in total. The van der Waals surface area contributed by atoms with Crippen molar-refractivity contribution in [3.8, 4) is 0 Å². The van der Waals surface area contributed by atoms with Crippen LogP contribution in [-0.2, 0) is 28.6 Å². The van der Waals surface area contributed by atoms with Crippen molar-refractivity contribution in [1.82, 2.24) is 0 Å². The summed E-state index contributed by atoms with van der Waals surface area (Å²) >= 11 is 0. The zero-order valence-electron chi connectivity index (χ0n) is 20.7. The van der Waals surface area contributed by atoms with Crippen LogP contribution in [-0.4, -0.2) is 43.1 Å². The van der Waals surface area contributed by atoms with Crippen molar-refractivity contribution in [2.45, 2.75) is 64.3 Å². The Morgan fingerprint density at radius 1 is 1.14 bits per heavy atom. The normalized spacial score (nSPS) is 43.4. The summed E-state index contributed by atoms with van der Waals surface area (Å²) in [5.74, 6) is -1.25. The van der Waals surface area contributed by atoms with Gasteiger partial charge in [-0.2, -0.15) is 0 Å². The number of rotatable bonds is 3. The fourth-order valence-corrected chi connectivity index (χ4v) is 8.11. The summed E-state index contributed by atoms with van der Waals surface area (Å²) in [6, 6.07) is 10.5. The molecule has 3 aliphatic carbocycles. The van der Waals surface area contributed by atoms with Crippen LogP contribution >= 0.6 is 0 Å². The summed E-state index contributed by atoms with van der Waals surface area (Å²) in [5.41, 5.74) is 2.02. The summed E-state index contributed by atoms with van der Waals surface area (Å²) in [6.45, 7) is 5.96. The Labute approximate surface area is 205 Å². The van der Waals surface area contributed by atoms with Crippen molar-refractivity contribution < 1.29 is 28.6 Å². The van der Waals surface area contributed by atoms with Crippen LogP contribution in [0.5, 0.6) is 0 Å². The molecular weight excluding hydrogens is 444 g/mol. The molecule has 5 aliphatic rings. The molecule has 35 heavy (non-hydrogen) atoms. The standard InChI is InChI=1S/C29H32O6/c1-15-17(16-8-6-5-7-9-16)13-21-18(15)12-19-20(14-23(31)33-4)29(3)22(30)10-11-28(2)26(29)25(24(19)34-21)35-27(28)32/h5-11,17,19-21,24-26H,12-14H2,1-4H3/t17-,19+,20+,21+,24+,25+,26+,28-,29+/m1/s1. The number of benzene rings is 1. The molecule has 184 valence electrons. The minimum absolute atomic E-state index is 0.0444. The maximum atomic E-state index is 13.5. The van der Waals surface area contributed by atoms with E-state index in [0.29, 0.717) is 0 Å². The lowest BCUT2D eigenvalue weighted by Crippen LogP contribution is -2.65. The molecule has 1 aromatic rings. The van der Waals surface area contributed by atoms with Crippen LogP contribution in [0.3, 0.4) is 0 Å². The number of methoxy groups -OCH3 is 1. The van der Waals surface area contributed by atoms with Crippen LogP contribution < -0.4 is 0 Å². The average molecular weight is 477 g/mol. The predicted molar refractivity (Wildman–Crippen MR) is 127 cm³/mol. The summed E-state index contributed by atoms with van der Waals surface area (Å²) in [4.78, 5) is 39.3. The molecule has 1 saturated carbocycles. The molecule has 6 rings (SSSR count). The Morgan fingerprint density at radius 3 is 2.60 bits per heavy atom. The number of ether oxygens (including phenoxy) is 3. The molecule has 0 spiro atoms. The van der Waals surface area contributed by atoms with Gasteiger partial charge in [-0.25, -0.2) is 0 Å². The molecule has 2 heterocycles. The van der Waals surface area contributed by atoms with Crippen molar-refractivity contribution >= 4 is 17.7 Å². The molecule has 6 heteroatoms. The molecule has 3 fully saturated rings. The van der Waals surface area contributed by atoms with Crippen LogP contribution in [0, 0.1) is 28.6 Å². The number of hydrogen-bond donors (Lipinski definition) is 0. The summed E-state index contributed by atoms with van der Waals surface area (Å²) < 4.78 is 17.9. The topological polar surface area (TPSA) is 78.9 Å². The summed E-state index contributed by atoms with van der Waals surface area (Å²) in [7, 11) is 1.38. The smallest absolute Gasteiger partial charge is 0.316 e. The molecule has 1 aromatic carbocycles. The molecule has 0 amide bonds. The van der Waals surface area contributed by atoms with E-state index in [0.717, 1.165) is 12.8 Å². The SMILES string of the molecule is COC(=O)C[C@H]1[C@@H]2CC3=C(C)[C@H](c4ccccc4)C[C@@H]3O[C@@H]2[C@@H]2OC(=O)[C@]3(C)C=CC(=O)[C@@]1(C)[C@@H]23. The van der Waals surface area contributed by atoms with Gasteiger partial charge < -0.3 is 14.2 Å². The number of ketones is 1. The Bertz CT molecular complexity index is 1170. The second-order valence-electron chi connectivity index (χ2n) is 11.4. The number of carbonyl (C=O) groups excluding carboxylic acids is 3. The van der Waals surface area contributed by atoms with E-state index in [4.69, 9.17) is 14.2 Å². The fraction of sp³-hybridized carbons (Fsp3) is 0.552. The lowest BCUT2D eigenvalue weighted by Gasteiger charge is -2.58. The zero-order valence-corrected chi connectivity index (χ0v) is 20.7. The molecule has 2 aliphatic heterocycles. The molecule has 6 nitrogen and oxygen atoms in total. The van der Waals surface area contributed by atoms with Crippen molar-refractivity contribution in [1.29, 1.82) is 0 Å². The summed E-state index contributed by atoms with van der Waals surface area (Å²) in [5, 5.41) is 0. The van der Waals surface area contributed by atoms with Gasteiger partial charge in [0.2, 0.25) is 0 Å². The zero-order chi connectivity index (χ0) is 24.7. The first-order valence-corrected chi connectivity index (χ1v) is 12.6. The molecule has 0 bridgehead atoms. The Hall–Kier alpha value is -2.73. The first-order valence-electron chi connectivity index (χ1n) is 12.6. The highest BCUT2D eigenvalue weighted by Crippen LogP contribution is 2.65. The van der Waals surface area contributed by atoms with Crippen molar-refractivity contribution in [3.63, 3.8) is 0 Å². The highest BCUT2D eigenvalue weighted by Gasteiger charge is 2.73. The number of esters is 2. The highest BCUT2D eigenvalue weighted by molar-refractivity contribution is 6.00. The van der Waals surface area contributed by atoms with Gasteiger partial charge in [0.05, 0.1) is 24.7 Å². The lowest BCUT2D eigenvalue weighted by molar-refractivity contribution is -0.204. The van der Waals surface area contributed by atoms with E-state index in [1.807, 2.05) is 19.9 Å². The number of carbonyl (C=O) groups is 3. The number of allylic oxidation sites excluding steroid dienone is 2. The van der Waals surface area contributed by atoms with E-state index in [1.54, 1.807) is 6.08 Å². The largest absolute Gasteiger partial charge is 0.469 e. The van der Waals surface area contributed by atoms with Gasteiger partial charge >= 0.3 is 11.9 Å². The van der Waals surface area contributed by atoms with Gasteiger partial charge in [0.25, 0.3) is 0 Å². The van der Waals surface area contributed by atoms with E-state index < -0.39 is 16.9 Å². The van der Waals surface area contributed by atoms with Crippen LogP contribution in [0.15, 0.2) is 53.6 Å². The molecule has 9 atom stereocenters. The van der Waals surface area contributed by atoms with E-state index in [1.165, 1.54) is 29.9 Å². The second-order valence-corrected chi connectivity index (χ2v) is 11.4. The molecule has 2 saturated heterocycles. The van der Waals surface area contributed by atoms with E-state index in [2.05, 4.69) is 31.2 Å². The van der Waals surface area contributed by atoms with Gasteiger partial charge in [-0.3, -0.25) is 14.4 Å². The van der Waals surface area contributed by atoms with Crippen molar-refractivity contribution in [3.05, 3.63) is 59.2 Å². The average Bonchev–Trinajstić information content (AvgIpc) is 3.33. The Kier molecular flexibility index (Phi) is 4.95. The maximum absolute atomic E-state index is 13.5. The Balaban J connectivity index is 1.45. The first kappa shape index (κ1) is 22.7. The molecule has 0 radical (unpaired) electrons. The second kappa shape index (κ2) is 7.63. The third-order valence-electron chi connectivity index (χ3n) is 9.91. The third kappa shape index (κ3) is 2.95. The van der Waals surface area contributed by atoms with E-state index >= 15 is 0 Å². The molecule has 0 unspecified atom stereocenters. The number of hydrogen-bond acceptors (Lipinski definition) is 6. The maximum Gasteiger partial charge on any atom is 0.316 e. The van der Waals surface area contributed by atoms with Crippen LogP contribution in [0.2, 0.25) is 0 Å². The van der Waals surface area contributed by atoms with Crippen LogP contribution in [0.4, 0.5) is 0 Å². The van der Waals surface area contributed by atoms with Crippen LogP contribution in [0.25, 0.3) is 0 Å². The minimum atomic E-state index is -0.919. The Morgan fingerprint density at radius 2 is 1.89 bits per heavy atom. The molecule has 0 aromatic heterocycles. The number of fused-ring (bicyclic) bond motifs is 3. The van der Waals surface area contributed by atoms with Crippen molar-refractivity contribution in [2.75, 3.05) is 7.11 Å². The monoisotopic (exact) mass is 476 g/mol. The van der Waals surface area contributed by atoms with E-state index in [9.17, 15) is 14.4 Å². The summed E-state index contributed by atoms with van der Waals surface area (Å²) in [6.07, 6.45) is 4.02. The minimum Gasteiger partial charge on any atom is -0.469 e. The third-order valence-corrected chi connectivity index (χ3v) is 9.91. The van der Waals surface area contributed by atoms with Gasteiger partial charge in [-0.15, -0.1) is 0 Å². The predicted octanol–water partition coefficient (Wildman–Crippen LogP) is 4.15. The van der Waals surface area contributed by atoms with E-state index in [-0.39, 0.29) is 60.0 Å². The lowest BCUT2D eigenvalue weighted by atomic mass is 9.45. The van der Waals surface area contributed by atoms with Gasteiger partial charge in [0, 0.05) is 23.7 Å². The fourth-order valence-electron chi connectivity index (χ4n) is 8.11. The molecular formula is C29H32O6. The highest BCUT2D eigenvalue weighted by atomic mass is 16.6. The van der Waals surface area contributed by atoms with Gasteiger partial charge in [0.15, 0.2) is 5.78 Å². The van der Waals surface area contributed by atoms with Gasteiger partial charge in [-0.1, -0.05) is 48.9 Å². The van der Waals surface area contributed by atoms with Gasteiger partial charge in [-0.05, 0) is 55.7 Å². The first-order chi connectivity index (χ1) is 16.7. The van der Waals surface area contributed by atoms with Crippen LogP contribution in [0.1, 0.15) is 51.5 Å².